The van der Waals surface area contributed by atoms with Crippen LogP contribution in [0.4, 0.5) is 0 Å². The number of nitrogens with one attached hydrogen (secondary N) is 1. The van der Waals surface area contributed by atoms with E-state index in [0.717, 1.165) is 33.5 Å². The zero-order chi connectivity index (χ0) is 22.7. The van der Waals surface area contributed by atoms with Gasteiger partial charge in [0.15, 0.2) is 0 Å². The van der Waals surface area contributed by atoms with Crippen molar-refractivity contribution in [1.82, 2.24) is 15.4 Å². The van der Waals surface area contributed by atoms with Crippen molar-refractivity contribution < 1.29 is 0 Å². The molecule has 5 rings (SSSR count). The fourth-order valence-electron chi connectivity index (χ4n) is 4.18. The zero-order valence-corrected chi connectivity index (χ0v) is 20.4. The van der Waals surface area contributed by atoms with Crippen LogP contribution in [0.2, 0.25) is 0 Å². The van der Waals surface area contributed by atoms with Crippen molar-refractivity contribution in [2.24, 2.45) is 10.1 Å². The number of amidine groups is 1. The highest BCUT2D eigenvalue weighted by molar-refractivity contribution is 8.15. The lowest BCUT2D eigenvalue weighted by Gasteiger charge is -2.48. The standard InChI is InChI=1S/C26H27N5S2/c1-30-26(31(2)29-25(33-26)22-16-10-5-11-17-22)23(19-32-18-20-12-6-3-7-13-20)27-24(28-30)21-14-8-4-9-15-21/h3-17,23H,18-19H2,1-2H3,(H,27,28). The third-order valence-corrected chi connectivity index (χ3v) is 8.59. The Morgan fingerprint density at radius 3 is 2.15 bits per heavy atom. The summed E-state index contributed by atoms with van der Waals surface area (Å²) in [4.78, 5) is 4.80. The summed E-state index contributed by atoms with van der Waals surface area (Å²) in [5.41, 5.74) is 7.10. The number of hydrogen-bond acceptors (Lipinski definition) is 7. The van der Waals surface area contributed by atoms with E-state index in [0.29, 0.717) is 0 Å². The number of nitrogens with zero attached hydrogens (tertiary/aromatic N) is 4. The second-order valence-electron chi connectivity index (χ2n) is 8.09. The normalized spacial score (nSPS) is 22.7. The van der Waals surface area contributed by atoms with E-state index in [1.807, 2.05) is 23.9 Å². The molecule has 1 N–H and O–H groups in total. The predicted octanol–water partition coefficient (Wildman–Crippen LogP) is 4.88. The number of hydrazone groups is 1. The maximum atomic E-state index is 5.25. The summed E-state index contributed by atoms with van der Waals surface area (Å²) >= 11 is 3.69. The topological polar surface area (TPSA) is 43.2 Å². The van der Waals surface area contributed by atoms with Crippen LogP contribution in [0.3, 0.4) is 0 Å². The van der Waals surface area contributed by atoms with Crippen molar-refractivity contribution in [3.05, 3.63) is 108 Å². The molecule has 0 saturated carbocycles. The summed E-state index contributed by atoms with van der Waals surface area (Å²) in [6, 6.07) is 31.4. The Morgan fingerprint density at radius 2 is 1.48 bits per heavy atom. The molecule has 0 radical (unpaired) electrons. The molecule has 2 unspecified atom stereocenters. The molecule has 2 aliphatic rings. The first-order valence-electron chi connectivity index (χ1n) is 11.0. The summed E-state index contributed by atoms with van der Waals surface area (Å²) in [5, 5.41) is 10.2. The number of rotatable bonds is 6. The molecule has 0 amide bonds. The van der Waals surface area contributed by atoms with Crippen LogP contribution in [-0.4, -0.2) is 51.8 Å². The van der Waals surface area contributed by atoms with E-state index in [2.05, 4.69) is 108 Å². The Hall–Kier alpha value is -2.74. The molecule has 0 aromatic heterocycles. The van der Waals surface area contributed by atoms with Crippen molar-refractivity contribution in [2.45, 2.75) is 16.8 Å². The second-order valence-corrected chi connectivity index (χ2v) is 10.3. The van der Waals surface area contributed by atoms with Gasteiger partial charge in [-0.05, 0) is 5.56 Å². The fraction of sp³-hybridized carbons (Fsp3) is 0.231. The molecule has 0 aliphatic carbocycles. The first-order chi connectivity index (χ1) is 16.2. The number of thioether (sulfide) groups is 2. The molecule has 0 bridgehead atoms. The van der Waals surface area contributed by atoms with Gasteiger partial charge < -0.3 is 5.43 Å². The van der Waals surface area contributed by atoms with E-state index in [1.54, 1.807) is 11.8 Å². The monoisotopic (exact) mass is 473 g/mol. The van der Waals surface area contributed by atoms with Crippen molar-refractivity contribution in [3.63, 3.8) is 0 Å². The van der Waals surface area contributed by atoms with E-state index in [9.17, 15) is 0 Å². The van der Waals surface area contributed by atoms with E-state index in [-0.39, 0.29) is 6.04 Å². The van der Waals surface area contributed by atoms with Crippen LogP contribution < -0.4 is 5.43 Å². The Kier molecular flexibility index (Phi) is 6.44. The average molecular weight is 474 g/mol. The van der Waals surface area contributed by atoms with Crippen molar-refractivity contribution in [3.8, 4) is 0 Å². The van der Waals surface area contributed by atoms with Gasteiger partial charge in [0.1, 0.15) is 16.9 Å². The number of likely N-dealkylation sites (N-methyl/N-ethyl adjacent to an activating group) is 2. The van der Waals surface area contributed by atoms with Crippen LogP contribution in [0.15, 0.2) is 101 Å². The van der Waals surface area contributed by atoms with Gasteiger partial charge in [0.05, 0.1) is 0 Å². The number of aliphatic imine (C=N–C) groups is 1. The van der Waals surface area contributed by atoms with Crippen molar-refractivity contribution in [1.29, 1.82) is 0 Å². The maximum absolute atomic E-state index is 5.25. The molecule has 1 spiro atoms. The number of benzene rings is 3. The zero-order valence-electron chi connectivity index (χ0n) is 18.8. The Labute approximate surface area is 204 Å². The van der Waals surface area contributed by atoms with E-state index in [4.69, 9.17) is 10.1 Å². The highest BCUT2D eigenvalue weighted by Crippen LogP contribution is 2.45. The Bertz CT molecular complexity index is 1140. The first-order valence-corrected chi connectivity index (χ1v) is 13.0. The quantitative estimate of drug-likeness (QED) is 0.553. The molecule has 7 heteroatoms. The Balaban J connectivity index is 1.45. The first kappa shape index (κ1) is 22.1. The van der Waals surface area contributed by atoms with Crippen LogP contribution in [0.1, 0.15) is 16.7 Å². The van der Waals surface area contributed by atoms with Gasteiger partial charge in [-0.25, -0.2) is 0 Å². The molecule has 2 atom stereocenters. The van der Waals surface area contributed by atoms with Gasteiger partial charge in [0.2, 0.25) is 4.99 Å². The molecule has 2 aliphatic heterocycles. The fourth-order valence-corrected chi connectivity index (χ4v) is 6.69. The van der Waals surface area contributed by atoms with Crippen LogP contribution in [-0.2, 0) is 5.75 Å². The molecule has 33 heavy (non-hydrogen) atoms. The average Bonchev–Trinajstić information content (AvgIpc) is 3.21. The minimum absolute atomic E-state index is 0.00707. The van der Waals surface area contributed by atoms with Crippen molar-refractivity contribution >= 4 is 34.4 Å². The van der Waals surface area contributed by atoms with E-state index >= 15 is 0 Å². The molecule has 0 fully saturated rings. The molecule has 3 aromatic rings. The largest absolute Gasteiger partial charge is 0.300 e. The third kappa shape index (κ3) is 4.40. The lowest BCUT2D eigenvalue weighted by atomic mass is 10.1. The lowest BCUT2D eigenvalue weighted by Crippen LogP contribution is -2.68. The third-order valence-electron chi connectivity index (χ3n) is 5.88. The molecular weight excluding hydrogens is 446 g/mol. The second kappa shape index (κ2) is 9.63. The number of hydrogen-bond donors (Lipinski definition) is 1. The number of hydrazine groups is 1. The van der Waals surface area contributed by atoms with Gasteiger partial charge >= 0.3 is 0 Å². The highest BCUT2D eigenvalue weighted by atomic mass is 32.2. The van der Waals surface area contributed by atoms with E-state index in [1.165, 1.54) is 5.56 Å². The molecule has 0 saturated heterocycles. The van der Waals surface area contributed by atoms with Crippen LogP contribution in [0.5, 0.6) is 0 Å². The van der Waals surface area contributed by atoms with Gasteiger partial charge in [-0.3, -0.25) is 10.0 Å². The van der Waals surface area contributed by atoms with Gasteiger partial charge in [-0.1, -0.05) is 103 Å². The van der Waals surface area contributed by atoms with Gasteiger partial charge in [0.25, 0.3) is 0 Å². The summed E-state index contributed by atoms with van der Waals surface area (Å²) in [6.45, 7) is 0. The molecule has 5 nitrogen and oxygen atoms in total. The van der Waals surface area contributed by atoms with Crippen LogP contribution >= 0.6 is 23.5 Å². The molecule has 3 aromatic carbocycles. The van der Waals surface area contributed by atoms with Gasteiger partial charge in [-0.2, -0.15) is 21.9 Å². The van der Waals surface area contributed by atoms with Crippen LogP contribution in [0, 0.1) is 0 Å². The smallest absolute Gasteiger partial charge is 0.202 e. The van der Waals surface area contributed by atoms with Crippen molar-refractivity contribution in [2.75, 3.05) is 19.8 Å². The maximum Gasteiger partial charge on any atom is 0.202 e. The minimum atomic E-state index is -0.451. The van der Waals surface area contributed by atoms with Gasteiger partial charge in [-0.15, -0.1) is 0 Å². The molecule has 168 valence electrons. The molecule has 2 heterocycles. The lowest BCUT2D eigenvalue weighted by molar-refractivity contribution is 0.0146. The summed E-state index contributed by atoms with van der Waals surface area (Å²) in [7, 11) is 4.15. The minimum Gasteiger partial charge on any atom is -0.300 e. The molecular formula is C26H27N5S2. The summed E-state index contributed by atoms with van der Waals surface area (Å²) in [5.74, 6) is 2.74. The van der Waals surface area contributed by atoms with Gasteiger partial charge in [0, 0.05) is 36.7 Å². The predicted molar refractivity (Wildman–Crippen MR) is 141 cm³/mol. The van der Waals surface area contributed by atoms with E-state index < -0.39 is 4.99 Å². The summed E-state index contributed by atoms with van der Waals surface area (Å²) < 4.78 is 0. The highest BCUT2D eigenvalue weighted by Gasteiger charge is 2.54. The summed E-state index contributed by atoms with van der Waals surface area (Å²) in [6.07, 6.45) is 0. The Morgan fingerprint density at radius 1 is 0.879 bits per heavy atom. The van der Waals surface area contributed by atoms with Crippen LogP contribution in [0.25, 0.3) is 0 Å². The SMILES string of the molecule is CN1N=C(c2ccccc2)SC12C(CSCc1ccccc1)N=C(c1ccccc1)NN2C.